The minimum absolute atomic E-state index is 0. The molecular weight excluding hydrogens is 235 g/mol. The van der Waals surface area contributed by atoms with Gasteiger partial charge in [-0.2, -0.15) is 0 Å². The molecule has 82 valence electrons. The van der Waals surface area contributed by atoms with Gasteiger partial charge < -0.3 is 34.7 Å². The Morgan fingerprint density at radius 3 is 2.20 bits per heavy atom. The fourth-order valence-corrected chi connectivity index (χ4v) is 1.24. The van der Waals surface area contributed by atoms with Crippen molar-refractivity contribution in [2.24, 2.45) is 0 Å². The maximum atomic E-state index is 10.4. The summed E-state index contributed by atoms with van der Waals surface area (Å²) in [4.78, 5) is 10.4. The maximum Gasteiger partial charge on any atom is 1.00 e. The molecule has 1 rings (SSSR count). The van der Waals surface area contributed by atoms with Crippen molar-refractivity contribution in [3.8, 4) is 0 Å². The van der Waals surface area contributed by atoms with E-state index in [2.05, 4.69) is 9.47 Å². The van der Waals surface area contributed by atoms with Crippen LogP contribution in [0.25, 0.3) is 0 Å². The zero-order valence-corrected chi connectivity index (χ0v) is 11.5. The molecule has 5 atom stereocenters. The molecule has 7 nitrogen and oxygen atoms in total. The van der Waals surface area contributed by atoms with Crippen molar-refractivity contribution >= 4 is 5.97 Å². The standard InChI is InChI=1S/C7H12O7.K/c1-13-7-4(10)2(8)3(9)5(14-7)6(11)12;/h2-5,7-10H,1H3,(H,11,12);/q;+1/p-1/t2-,3-,4-,5-,7-;/m0./s1. The molecule has 1 aliphatic heterocycles. The molecule has 0 aliphatic carbocycles. The number of carboxylic acids is 1. The van der Waals surface area contributed by atoms with Crippen LogP contribution in [0.2, 0.25) is 0 Å². The fraction of sp³-hybridized carbons (Fsp3) is 0.857. The van der Waals surface area contributed by atoms with Gasteiger partial charge in [0.25, 0.3) is 0 Å². The molecule has 0 amide bonds. The molecule has 1 aliphatic rings. The van der Waals surface area contributed by atoms with Gasteiger partial charge in [-0.3, -0.25) is 0 Å². The quantitative estimate of drug-likeness (QED) is 0.414. The van der Waals surface area contributed by atoms with Crippen molar-refractivity contribution in [1.29, 1.82) is 0 Å². The van der Waals surface area contributed by atoms with E-state index in [1.807, 2.05) is 0 Å². The molecule has 0 unspecified atom stereocenters. The van der Waals surface area contributed by atoms with Gasteiger partial charge in [0.1, 0.15) is 24.4 Å². The first-order valence-electron chi connectivity index (χ1n) is 3.92. The largest absolute Gasteiger partial charge is 1.00 e. The van der Waals surface area contributed by atoms with Gasteiger partial charge in [-0.05, 0) is 0 Å². The Morgan fingerprint density at radius 2 is 1.80 bits per heavy atom. The van der Waals surface area contributed by atoms with Crippen molar-refractivity contribution in [3.63, 3.8) is 0 Å². The monoisotopic (exact) mass is 246 g/mol. The third-order valence-electron chi connectivity index (χ3n) is 2.03. The average molecular weight is 246 g/mol. The summed E-state index contributed by atoms with van der Waals surface area (Å²) >= 11 is 0. The number of methoxy groups -OCH3 is 1. The second-order valence-electron chi connectivity index (χ2n) is 2.95. The van der Waals surface area contributed by atoms with Crippen LogP contribution in [0, 0.1) is 0 Å². The molecule has 1 saturated heterocycles. The first-order chi connectivity index (χ1) is 6.49. The molecule has 1 heterocycles. The molecule has 0 radical (unpaired) electrons. The van der Waals surface area contributed by atoms with Crippen LogP contribution in [0.15, 0.2) is 0 Å². The number of aliphatic hydroxyl groups excluding tert-OH is 3. The Balaban J connectivity index is 0.00000196. The summed E-state index contributed by atoms with van der Waals surface area (Å²) in [6.07, 6.45) is -7.88. The summed E-state index contributed by atoms with van der Waals surface area (Å²) in [6, 6.07) is 0. The summed E-state index contributed by atoms with van der Waals surface area (Å²) in [5, 5.41) is 38.1. The summed E-state index contributed by atoms with van der Waals surface area (Å²) in [5.41, 5.74) is 0. The van der Waals surface area contributed by atoms with E-state index in [0.29, 0.717) is 0 Å². The van der Waals surface area contributed by atoms with Crippen LogP contribution in [0.5, 0.6) is 0 Å². The molecule has 0 bridgehead atoms. The van der Waals surface area contributed by atoms with Crippen LogP contribution in [0.1, 0.15) is 0 Å². The van der Waals surface area contributed by atoms with Crippen molar-refractivity contribution < 1.29 is 86.1 Å². The molecule has 3 N–H and O–H groups in total. The van der Waals surface area contributed by atoms with Gasteiger partial charge in [-0.1, -0.05) is 0 Å². The maximum absolute atomic E-state index is 10.4. The zero-order chi connectivity index (χ0) is 10.9. The van der Waals surface area contributed by atoms with Gasteiger partial charge in [-0.15, -0.1) is 0 Å². The van der Waals surface area contributed by atoms with Gasteiger partial charge in [0.05, 0.1) is 5.97 Å². The number of carbonyl (C=O) groups is 1. The summed E-state index contributed by atoms with van der Waals surface area (Å²) in [7, 11) is 1.17. The number of carbonyl (C=O) groups excluding carboxylic acids is 1. The molecular formula is C7H11KO7. The number of hydrogen-bond donors (Lipinski definition) is 3. The van der Waals surface area contributed by atoms with E-state index >= 15 is 0 Å². The van der Waals surface area contributed by atoms with Crippen molar-refractivity contribution in [3.05, 3.63) is 0 Å². The van der Waals surface area contributed by atoms with Crippen molar-refractivity contribution in [1.82, 2.24) is 0 Å². The Morgan fingerprint density at radius 1 is 1.27 bits per heavy atom. The van der Waals surface area contributed by atoms with E-state index < -0.39 is 36.7 Å². The van der Waals surface area contributed by atoms with Crippen LogP contribution in [0.3, 0.4) is 0 Å². The topological polar surface area (TPSA) is 119 Å². The Hall–Kier alpha value is 0.906. The Labute approximate surface area is 128 Å². The van der Waals surface area contributed by atoms with Crippen molar-refractivity contribution in [2.45, 2.75) is 30.7 Å². The first kappa shape index (κ1) is 15.9. The fourth-order valence-electron chi connectivity index (χ4n) is 1.24. The van der Waals surface area contributed by atoms with E-state index in [4.69, 9.17) is 0 Å². The number of hydrogen-bond acceptors (Lipinski definition) is 7. The van der Waals surface area contributed by atoms with Crippen LogP contribution >= 0.6 is 0 Å². The van der Waals surface area contributed by atoms with Crippen LogP contribution < -0.4 is 56.5 Å². The van der Waals surface area contributed by atoms with E-state index in [9.17, 15) is 25.2 Å². The van der Waals surface area contributed by atoms with Gasteiger partial charge in [0.15, 0.2) is 6.29 Å². The zero-order valence-electron chi connectivity index (χ0n) is 8.36. The van der Waals surface area contributed by atoms with Gasteiger partial charge >= 0.3 is 51.4 Å². The second kappa shape index (κ2) is 6.60. The van der Waals surface area contributed by atoms with E-state index in [-0.39, 0.29) is 51.4 Å². The molecule has 0 aromatic carbocycles. The van der Waals surface area contributed by atoms with E-state index in [1.54, 1.807) is 0 Å². The summed E-state index contributed by atoms with van der Waals surface area (Å²) in [6.45, 7) is 0. The number of aliphatic hydroxyl groups is 3. The smallest absolute Gasteiger partial charge is 0.547 e. The van der Waals surface area contributed by atoms with Gasteiger partial charge in [0, 0.05) is 7.11 Å². The summed E-state index contributed by atoms with van der Waals surface area (Å²) < 4.78 is 9.22. The van der Waals surface area contributed by atoms with Gasteiger partial charge in [0.2, 0.25) is 0 Å². The van der Waals surface area contributed by atoms with Crippen LogP contribution in [-0.2, 0) is 14.3 Å². The number of ether oxygens (including phenoxy) is 2. The second-order valence-corrected chi connectivity index (χ2v) is 2.95. The number of carboxylic acid groups (broad SMARTS) is 1. The van der Waals surface area contributed by atoms with E-state index in [1.165, 1.54) is 7.11 Å². The predicted molar refractivity (Wildman–Crippen MR) is 38.7 cm³/mol. The SMILES string of the molecule is CO[C@H]1O[C@H](C(=O)[O-])[C@@H](O)[C@H](O)[C@@H]1O.[K+]. The molecule has 0 aromatic heterocycles. The van der Waals surface area contributed by atoms with Crippen LogP contribution in [-0.4, -0.2) is 59.1 Å². The minimum Gasteiger partial charge on any atom is -0.547 e. The third kappa shape index (κ3) is 3.43. The average Bonchev–Trinajstić information content (AvgIpc) is 2.14. The molecule has 0 aromatic rings. The van der Waals surface area contributed by atoms with E-state index in [0.717, 1.165) is 0 Å². The molecule has 8 heteroatoms. The van der Waals surface area contributed by atoms with Crippen molar-refractivity contribution in [2.75, 3.05) is 7.11 Å². The predicted octanol–water partition coefficient (Wildman–Crippen LogP) is -6.81. The normalized spacial score (nSPS) is 40.7. The number of aliphatic carboxylic acids is 1. The Kier molecular flexibility index (Phi) is 6.99. The number of rotatable bonds is 2. The molecule has 0 spiro atoms. The Bertz CT molecular complexity index is 221. The minimum atomic E-state index is -1.73. The molecule has 1 fully saturated rings. The molecule has 15 heavy (non-hydrogen) atoms. The van der Waals surface area contributed by atoms with Gasteiger partial charge in [-0.25, -0.2) is 0 Å². The third-order valence-corrected chi connectivity index (χ3v) is 2.03. The molecule has 0 saturated carbocycles. The first-order valence-corrected chi connectivity index (χ1v) is 3.92. The summed E-state index contributed by atoms with van der Waals surface area (Å²) in [5.74, 6) is -1.68. The van der Waals surface area contributed by atoms with Crippen LogP contribution in [0.4, 0.5) is 0 Å².